The highest BCUT2D eigenvalue weighted by atomic mass is 16.5. The monoisotopic (exact) mass is 221 g/mol. The van der Waals surface area contributed by atoms with Gasteiger partial charge in [-0.05, 0) is 19.5 Å². The van der Waals surface area contributed by atoms with Gasteiger partial charge in [-0.15, -0.1) is 0 Å². The van der Waals surface area contributed by atoms with Crippen LogP contribution >= 0.6 is 0 Å². The Kier molecular flexibility index (Phi) is 4.99. The molecular formula is C13H19NO2. The van der Waals surface area contributed by atoms with Crippen molar-refractivity contribution in [2.45, 2.75) is 25.8 Å². The van der Waals surface area contributed by atoms with E-state index in [1.165, 1.54) is 0 Å². The summed E-state index contributed by atoms with van der Waals surface area (Å²) < 4.78 is 5.04. The van der Waals surface area contributed by atoms with Crippen LogP contribution in [0.1, 0.15) is 25.3 Å². The Morgan fingerprint density at radius 1 is 1.38 bits per heavy atom. The van der Waals surface area contributed by atoms with E-state index >= 15 is 0 Å². The quantitative estimate of drug-likeness (QED) is 0.772. The SMILES string of the molecule is CCOC(=O)C(NC)C(C)c1ccccc1. The van der Waals surface area contributed by atoms with Crippen LogP contribution in [0, 0.1) is 0 Å². The fourth-order valence-electron chi connectivity index (χ4n) is 1.75. The molecule has 1 rings (SSSR count). The van der Waals surface area contributed by atoms with Crippen molar-refractivity contribution in [3.05, 3.63) is 35.9 Å². The molecule has 0 saturated carbocycles. The summed E-state index contributed by atoms with van der Waals surface area (Å²) in [5, 5.41) is 3.01. The van der Waals surface area contributed by atoms with E-state index in [0.29, 0.717) is 6.61 Å². The van der Waals surface area contributed by atoms with Gasteiger partial charge < -0.3 is 10.1 Å². The first-order valence-corrected chi connectivity index (χ1v) is 5.59. The van der Waals surface area contributed by atoms with E-state index in [9.17, 15) is 4.79 Å². The first-order chi connectivity index (χ1) is 7.70. The van der Waals surface area contributed by atoms with Gasteiger partial charge in [-0.25, -0.2) is 0 Å². The average molecular weight is 221 g/mol. The minimum Gasteiger partial charge on any atom is -0.465 e. The first kappa shape index (κ1) is 12.7. The molecule has 0 bridgehead atoms. The number of likely N-dealkylation sites (N-methyl/N-ethyl adjacent to an activating group) is 1. The van der Waals surface area contributed by atoms with Crippen LogP contribution in [0.25, 0.3) is 0 Å². The van der Waals surface area contributed by atoms with Gasteiger partial charge in [0.25, 0.3) is 0 Å². The summed E-state index contributed by atoms with van der Waals surface area (Å²) >= 11 is 0. The first-order valence-electron chi connectivity index (χ1n) is 5.59. The van der Waals surface area contributed by atoms with E-state index in [2.05, 4.69) is 5.32 Å². The molecular weight excluding hydrogens is 202 g/mol. The van der Waals surface area contributed by atoms with Crippen LogP contribution in [0.3, 0.4) is 0 Å². The van der Waals surface area contributed by atoms with Gasteiger partial charge in [0.1, 0.15) is 6.04 Å². The van der Waals surface area contributed by atoms with Crippen molar-refractivity contribution in [2.75, 3.05) is 13.7 Å². The Morgan fingerprint density at radius 3 is 2.50 bits per heavy atom. The van der Waals surface area contributed by atoms with Gasteiger partial charge in [0, 0.05) is 5.92 Å². The zero-order valence-electron chi connectivity index (χ0n) is 10.1. The summed E-state index contributed by atoms with van der Waals surface area (Å²) in [5.74, 6) is -0.0911. The van der Waals surface area contributed by atoms with Crippen molar-refractivity contribution in [3.8, 4) is 0 Å². The molecule has 1 aromatic carbocycles. The zero-order chi connectivity index (χ0) is 12.0. The van der Waals surface area contributed by atoms with Crippen LogP contribution in [0.15, 0.2) is 30.3 Å². The van der Waals surface area contributed by atoms with Crippen molar-refractivity contribution >= 4 is 5.97 Å². The molecule has 0 spiro atoms. The molecule has 0 amide bonds. The van der Waals surface area contributed by atoms with Gasteiger partial charge in [0.2, 0.25) is 0 Å². The second-order valence-corrected chi connectivity index (χ2v) is 3.72. The molecule has 0 aliphatic heterocycles. The maximum atomic E-state index is 11.7. The van der Waals surface area contributed by atoms with Gasteiger partial charge in [-0.1, -0.05) is 37.3 Å². The Hall–Kier alpha value is -1.35. The molecule has 3 heteroatoms. The summed E-state index contributed by atoms with van der Waals surface area (Å²) in [7, 11) is 1.78. The van der Waals surface area contributed by atoms with Crippen LogP contribution in [0.4, 0.5) is 0 Å². The molecule has 0 aliphatic carbocycles. The smallest absolute Gasteiger partial charge is 0.323 e. The van der Waals surface area contributed by atoms with Crippen LogP contribution in [-0.2, 0) is 9.53 Å². The molecule has 88 valence electrons. The van der Waals surface area contributed by atoms with Gasteiger partial charge in [-0.2, -0.15) is 0 Å². The Morgan fingerprint density at radius 2 is 2.00 bits per heavy atom. The number of carbonyl (C=O) groups excluding carboxylic acids is 1. The lowest BCUT2D eigenvalue weighted by molar-refractivity contribution is -0.146. The fraction of sp³-hybridized carbons (Fsp3) is 0.462. The number of hydrogen-bond donors (Lipinski definition) is 1. The molecule has 0 aromatic heterocycles. The zero-order valence-corrected chi connectivity index (χ0v) is 10.1. The maximum Gasteiger partial charge on any atom is 0.323 e. The fourth-order valence-corrected chi connectivity index (χ4v) is 1.75. The molecule has 0 aliphatic rings. The number of nitrogens with one attached hydrogen (secondary N) is 1. The van der Waals surface area contributed by atoms with Crippen molar-refractivity contribution < 1.29 is 9.53 Å². The molecule has 3 nitrogen and oxygen atoms in total. The summed E-state index contributed by atoms with van der Waals surface area (Å²) in [4.78, 5) is 11.7. The molecule has 16 heavy (non-hydrogen) atoms. The van der Waals surface area contributed by atoms with Crippen LogP contribution in [0.5, 0.6) is 0 Å². The largest absolute Gasteiger partial charge is 0.465 e. The van der Waals surface area contributed by atoms with E-state index in [1.807, 2.05) is 44.2 Å². The molecule has 0 fully saturated rings. The van der Waals surface area contributed by atoms with Gasteiger partial charge in [0.05, 0.1) is 6.61 Å². The van der Waals surface area contributed by atoms with Crippen molar-refractivity contribution in [1.29, 1.82) is 0 Å². The normalized spacial score (nSPS) is 14.2. The number of benzene rings is 1. The predicted octanol–water partition coefficient (Wildman–Crippen LogP) is 1.94. The maximum absolute atomic E-state index is 11.7. The lowest BCUT2D eigenvalue weighted by Crippen LogP contribution is -2.39. The lowest BCUT2D eigenvalue weighted by Gasteiger charge is -2.22. The second kappa shape index (κ2) is 6.28. The highest BCUT2D eigenvalue weighted by Crippen LogP contribution is 2.19. The molecule has 0 radical (unpaired) electrons. The number of carbonyl (C=O) groups is 1. The standard InChI is InChI=1S/C13H19NO2/c1-4-16-13(15)12(14-3)10(2)11-8-6-5-7-9-11/h5-10,12,14H,4H2,1-3H3. The molecule has 0 saturated heterocycles. The Bertz CT molecular complexity index is 324. The molecule has 2 unspecified atom stereocenters. The summed E-state index contributed by atoms with van der Waals surface area (Å²) in [6.07, 6.45) is 0. The number of hydrogen-bond acceptors (Lipinski definition) is 3. The van der Waals surface area contributed by atoms with E-state index in [0.717, 1.165) is 5.56 Å². The van der Waals surface area contributed by atoms with Crippen LogP contribution < -0.4 is 5.32 Å². The Balaban J connectivity index is 2.77. The topological polar surface area (TPSA) is 38.3 Å². The summed E-state index contributed by atoms with van der Waals surface area (Å²) in [6.45, 7) is 4.25. The molecule has 2 atom stereocenters. The number of ether oxygens (including phenoxy) is 1. The molecule has 0 heterocycles. The highest BCUT2D eigenvalue weighted by Gasteiger charge is 2.25. The predicted molar refractivity (Wildman–Crippen MR) is 64.3 cm³/mol. The minimum atomic E-state index is -0.289. The van der Waals surface area contributed by atoms with Crippen molar-refractivity contribution in [2.24, 2.45) is 0 Å². The minimum absolute atomic E-state index is 0.102. The van der Waals surface area contributed by atoms with Crippen LogP contribution in [0.2, 0.25) is 0 Å². The highest BCUT2D eigenvalue weighted by molar-refractivity contribution is 5.77. The van der Waals surface area contributed by atoms with Crippen LogP contribution in [-0.4, -0.2) is 25.7 Å². The third kappa shape index (κ3) is 3.07. The summed E-state index contributed by atoms with van der Waals surface area (Å²) in [5.41, 5.74) is 1.13. The third-order valence-corrected chi connectivity index (χ3v) is 2.68. The Labute approximate surface area is 96.8 Å². The number of rotatable bonds is 5. The molecule has 1 N–H and O–H groups in total. The lowest BCUT2D eigenvalue weighted by atomic mass is 9.93. The van der Waals surface area contributed by atoms with Gasteiger partial charge in [0.15, 0.2) is 0 Å². The summed E-state index contributed by atoms with van der Waals surface area (Å²) in [6, 6.07) is 9.67. The molecule has 1 aromatic rings. The van der Waals surface area contributed by atoms with Crippen molar-refractivity contribution in [3.63, 3.8) is 0 Å². The third-order valence-electron chi connectivity index (χ3n) is 2.68. The van der Waals surface area contributed by atoms with Gasteiger partial charge >= 0.3 is 5.97 Å². The second-order valence-electron chi connectivity index (χ2n) is 3.72. The van der Waals surface area contributed by atoms with Gasteiger partial charge in [-0.3, -0.25) is 4.79 Å². The van der Waals surface area contributed by atoms with E-state index in [4.69, 9.17) is 4.74 Å². The van der Waals surface area contributed by atoms with E-state index in [-0.39, 0.29) is 17.9 Å². The average Bonchev–Trinajstić information content (AvgIpc) is 2.31. The van der Waals surface area contributed by atoms with E-state index < -0.39 is 0 Å². The van der Waals surface area contributed by atoms with E-state index in [1.54, 1.807) is 7.05 Å². The number of esters is 1. The van der Waals surface area contributed by atoms with Crippen molar-refractivity contribution in [1.82, 2.24) is 5.32 Å².